The summed E-state index contributed by atoms with van der Waals surface area (Å²) in [6, 6.07) is 13.3. The second kappa shape index (κ2) is 36.3. The Balaban J connectivity index is -0.000000832. The van der Waals surface area contributed by atoms with E-state index in [2.05, 4.69) is 21.3 Å². The minimum Gasteiger partial charge on any atom is -0.508 e. The molecule has 0 aliphatic carbocycles. The first-order valence-corrected chi connectivity index (χ1v) is 19.4. The predicted octanol–water partition coefficient (Wildman–Crippen LogP) is 6.71. The van der Waals surface area contributed by atoms with Crippen molar-refractivity contribution in [1.29, 1.82) is 0 Å². The lowest BCUT2D eigenvalue weighted by Gasteiger charge is -2.20. The highest BCUT2D eigenvalue weighted by molar-refractivity contribution is 5.84. The summed E-state index contributed by atoms with van der Waals surface area (Å²) in [7, 11) is 3.35. The van der Waals surface area contributed by atoms with Gasteiger partial charge >= 0.3 is 5.97 Å². The number of Topliss-reactive ketones (excluding diaryl/α,β-unsaturated/α-hetero) is 1. The van der Waals surface area contributed by atoms with Gasteiger partial charge in [-0.25, -0.2) is 0 Å². The average molecular weight is 745 g/mol. The molecule has 0 saturated heterocycles. The SMILES string of the molecule is CC.CC.CC.CNC(CCCCNC(=O)CCCCCCC(C)=O)C(=O)O.CNC(Cc1ccc(O)c(C)c1)C(=O)NC(C=O)Cc1ccccc1. The van der Waals surface area contributed by atoms with Crippen LogP contribution in [-0.4, -0.2) is 78.8 Å². The molecule has 0 spiro atoms. The lowest BCUT2D eigenvalue weighted by atomic mass is 10.0. The third-order valence-electron chi connectivity index (χ3n) is 7.73. The van der Waals surface area contributed by atoms with Crippen molar-refractivity contribution in [3.05, 3.63) is 65.2 Å². The lowest BCUT2D eigenvalue weighted by molar-refractivity contribution is -0.139. The van der Waals surface area contributed by atoms with Crippen LogP contribution >= 0.6 is 0 Å². The Labute approximate surface area is 320 Å². The maximum Gasteiger partial charge on any atom is 0.320 e. The molecular weight excluding hydrogens is 672 g/mol. The van der Waals surface area contributed by atoms with Gasteiger partial charge in [-0.2, -0.15) is 0 Å². The fourth-order valence-electron chi connectivity index (χ4n) is 4.88. The van der Waals surface area contributed by atoms with Gasteiger partial charge in [-0.3, -0.25) is 14.4 Å². The largest absolute Gasteiger partial charge is 0.508 e. The standard InChI is InChI=1S/C20H24N2O3.C16H30N2O4.3C2H6/c1-14-10-16(8-9-19(14)24)12-18(21-2)20(25)22-17(13-23)11-15-6-4-3-5-7-15;1-13(19)9-5-3-4-6-11-15(20)18-12-8-7-10-14(17-2)16(21)22;3*1-2/h3-10,13,17-18,21,24H,11-12H2,1-2H3,(H,22,25);14,17H,3-12H2,1-2H3,(H,18,20)(H,21,22);3*1-2H3. The first kappa shape index (κ1) is 53.3. The van der Waals surface area contributed by atoms with E-state index in [4.69, 9.17) is 5.11 Å². The molecule has 302 valence electrons. The number of aromatic hydroxyl groups is 1. The number of carbonyl (C=O) groups excluding carboxylic acids is 4. The summed E-state index contributed by atoms with van der Waals surface area (Å²) in [5, 5.41) is 29.8. The van der Waals surface area contributed by atoms with Crippen LogP contribution in [0.3, 0.4) is 0 Å². The number of amides is 2. The Morgan fingerprint density at radius 2 is 1.32 bits per heavy atom. The molecule has 0 radical (unpaired) electrons. The summed E-state index contributed by atoms with van der Waals surface area (Å²) < 4.78 is 0. The van der Waals surface area contributed by atoms with Gasteiger partial charge < -0.3 is 41.1 Å². The number of aldehydes is 1. The molecule has 2 aromatic rings. The van der Waals surface area contributed by atoms with Gasteiger partial charge in [0.2, 0.25) is 11.8 Å². The molecule has 2 amide bonds. The second-order valence-corrected chi connectivity index (χ2v) is 11.7. The molecule has 0 bridgehead atoms. The number of rotatable bonds is 22. The van der Waals surface area contributed by atoms with Crippen molar-refractivity contribution < 1.29 is 34.2 Å². The van der Waals surface area contributed by atoms with Crippen molar-refractivity contribution in [2.75, 3.05) is 20.6 Å². The molecule has 11 heteroatoms. The van der Waals surface area contributed by atoms with E-state index >= 15 is 0 Å². The van der Waals surface area contributed by atoms with Crippen LogP contribution < -0.4 is 21.3 Å². The number of hydrogen-bond acceptors (Lipinski definition) is 8. The molecule has 53 heavy (non-hydrogen) atoms. The maximum atomic E-state index is 12.5. The van der Waals surface area contributed by atoms with E-state index in [0.717, 1.165) is 61.5 Å². The van der Waals surface area contributed by atoms with Crippen LogP contribution in [-0.2, 0) is 36.8 Å². The molecule has 0 aliphatic rings. The third kappa shape index (κ3) is 28.1. The molecule has 0 fully saturated rings. The number of carboxylic acid groups (broad SMARTS) is 1. The van der Waals surface area contributed by atoms with Crippen LogP contribution in [0.4, 0.5) is 0 Å². The van der Waals surface area contributed by atoms with Crippen molar-refractivity contribution in [2.24, 2.45) is 0 Å². The normalized spacial score (nSPS) is 11.4. The number of aliphatic carboxylic acids is 1. The lowest BCUT2D eigenvalue weighted by Crippen LogP contribution is -2.49. The predicted molar refractivity (Wildman–Crippen MR) is 217 cm³/mol. The van der Waals surface area contributed by atoms with E-state index in [1.165, 1.54) is 0 Å². The average Bonchev–Trinajstić information content (AvgIpc) is 3.17. The van der Waals surface area contributed by atoms with Gasteiger partial charge in [0, 0.05) is 19.4 Å². The van der Waals surface area contributed by atoms with Gasteiger partial charge in [0.25, 0.3) is 0 Å². The van der Waals surface area contributed by atoms with Crippen molar-refractivity contribution in [3.8, 4) is 5.75 Å². The molecule has 2 aromatic carbocycles. The van der Waals surface area contributed by atoms with Gasteiger partial charge in [0.05, 0.1) is 12.1 Å². The molecule has 3 atom stereocenters. The molecule has 11 nitrogen and oxygen atoms in total. The number of phenols is 1. The topological polar surface area (TPSA) is 174 Å². The Kier molecular flexibility index (Phi) is 36.5. The Hall–Kier alpha value is -4.09. The summed E-state index contributed by atoms with van der Waals surface area (Å²) in [6.07, 6.45) is 8.71. The zero-order valence-electron chi connectivity index (χ0n) is 34.3. The van der Waals surface area contributed by atoms with Gasteiger partial charge in [0.15, 0.2) is 0 Å². The van der Waals surface area contributed by atoms with Crippen molar-refractivity contribution in [3.63, 3.8) is 0 Å². The summed E-state index contributed by atoms with van der Waals surface area (Å²) in [4.78, 5) is 57.0. The zero-order chi connectivity index (χ0) is 41.0. The van der Waals surface area contributed by atoms with Gasteiger partial charge in [-0.15, -0.1) is 0 Å². The third-order valence-corrected chi connectivity index (χ3v) is 7.73. The first-order chi connectivity index (χ1) is 25.5. The van der Waals surface area contributed by atoms with Crippen LogP contribution in [0.25, 0.3) is 0 Å². The van der Waals surface area contributed by atoms with Crippen molar-refractivity contribution in [2.45, 2.75) is 144 Å². The Morgan fingerprint density at radius 3 is 1.83 bits per heavy atom. The zero-order valence-corrected chi connectivity index (χ0v) is 34.3. The monoisotopic (exact) mass is 745 g/mol. The van der Waals surface area contributed by atoms with Crippen LogP contribution in [0.1, 0.15) is 123 Å². The van der Waals surface area contributed by atoms with Gasteiger partial charge in [0.1, 0.15) is 23.9 Å². The minimum absolute atomic E-state index is 0.0509. The summed E-state index contributed by atoms with van der Waals surface area (Å²) >= 11 is 0. The number of ketones is 1. The van der Waals surface area contributed by atoms with Crippen molar-refractivity contribution >= 4 is 29.9 Å². The smallest absolute Gasteiger partial charge is 0.320 e. The van der Waals surface area contributed by atoms with E-state index in [-0.39, 0.29) is 23.3 Å². The maximum absolute atomic E-state index is 12.5. The van der Waals surface area contributed by atoms with Gasteiger partial charge in [-0.1, -0.05) is 96.8 Å². The molecule has 3 unspecified atom stereocenters. The number of benzene rings is 2. The Morgan fingerprint density at radius 1 is 0.736 bits per heavy atom. The number of carboxylic acids is 1. The second-order valence-electron chi connectivity index (χ2n) is 11.7. The molecule has 0 aliphatic heterocycles. The number of carbonyl (C=O) groups is 5. The number of nitrogens with one attached hydrogen (secondary N) is 4. The number of aryl methyl sites for hydroxylation is 1. The summed E-state index contributed by atoms with van der Waals surface area (Å²) in [5.74, 6) is -0.549. The summed E-state index contributed by atoms with van der Waals surface area (Å²) in [6.45, 7) is 16.0. The van der Waals surface area contributed by atoms with E-state index in [0.29, 0.717) is 38.6 Å². The number of hydrogen-bond donors (Lipinski definition) is 6. The van der Waals surface area contributed by atoms with E-state index in [9.17, 15) is 29.1 Å². The fourth-order valence-corrected chi connectivity index (χ4v) is 4.88. The highest BCUT2D eigenvalue weighted by Crippen LogP contribution is 2.18. The van der Waals surface area contributed by atoms with E-state index in [1.54, 1.807) is 33.2 Å². The number of unbranched alkanes of at least 4 members (excludes halogenated alkanes) is 4. The molecule has 0 saturated carbocycles. The van der Waals surface area contributed by atoms with Crippen LogP contribution in [0.15, 0.2) is 48.5 Å². The molecule has 2 rings (SSSR count). The molecule has 6 N–H and O–H groups in total. The molecular formula is C42H72N4O7. The summed E-state index contributed by atoms with van der Waals surface area (Å²) in [5.41, 5.74) is 2.70. The van der Waals surface area contributed by atoms with Crippen LogP contribution in [0, 0.1) is 6.92 Å². The molecule has 0 aromatic heterocycles. The first-order valence-electron chi connectivity index (χ1n) is 19.4. The Bertz CT molecular complexity index is 1240. The quantitative estimate of drug-likeness (QED) is 0.0566. The highest BCUT2D eigenvalue weighted by atomic mass is 16.4. The van der Waals surface area contributed by atoms with Crippen molar-refractivity contribution in [1.82, 2.24) is 21.3 Å². The fraction of sp³-hybridized carbons (Fsp3) is 0.595. The van der Waals surface area contributed by atoms with E-state index in [1.807, 2.05) is 84.9 Å². The van der Waals surface area contributed by atoms with E-state index < -0.39 is 24.1 Å². The number of likely N-dealkylation sites (N-methyl/N-ethyl adjacent to an activating group) is 2. The minimum atomic E-state index is -0.837. The molecule has 0 heterocycles. The van der Waals surface area contributed by atoms with Gasteiger partial charge in [-0.05, 0) is 95.6 Å². The van der Waals surface area contributed by atoms with Crippen LogP contribution in [0.2, 0.25) is 0 Å². The highest BCUT2D eigenvalue weighted by Gasteiger charge is 2.21. The van der Waals surface area contributed by atoms with Crippen LogP contribution in [0.5, 0.6) is 5.75 Å². The number of phenolic OH excluding ortho intramolecular Hbond substituents is 1.